The highest BCUT2D eigenvalue weighted by molar-refractivity contribution is 5.84. The molecule has 1 aliphatic rings. The van der Waals surface area contributed by atoms with Crippen LogP contribution < -0.4 is 0 Å². The Kier molecular flexibility index (Phi) is 4.20. The number of halogens is 1. The van der Waals surface area contributed by atoms with E-state index < -0.39 is 0 Å². The molecule has 1 amide bonds. The summed E-state index contributed by atoms with van der Waals surface area (Å²) in [5, 5.41) is 3.93. The smallest absolute Gasteiger partial charge is 0.230 e. The molecule has 0 N–H and O–H groups in total. The molecule has 0 spiro atoms. The molecule has 4 nitrogen and oxygen atoms in total. The molecular weight excluding hydrogens is 295 g/mol. The topological polar surface area (TPSA) is 46.3 Å². The van der Waals surface area contributed by atoms with Crippen molar-refractivity contribution in [3.8, 4) is 0 Å². The molecule has 23 heavy (non-hydrogen) atoms. The predicted octanol–water partition coefficient (Wildman–Crippen LogP) is 3.73. The molecule has 1 aromatic carbocycles. The van der Waals surface area contributed by atoms with Crippen molar-refractivity contribution < 1.29 is 13.7 Å². The highest BCUT2D eigenvalue weighted by atomic mass is 19.1. The van der Waals surface area contributed by atoms with Crippen LogP contribution in [-0.2, 0) is 11.3 Å². The number of hydrogen-bond acceptors (Lipinski definition) is 3. The van der Waals surface area contributed by atoms with Gasteiger partial charge < -0.3 is 9.42 Å². The van der Waals surface area contributed by atoms with Crippen LogP contribution in [0.1, 0.15) is 48.3 Å². The molecule has 3 rings (SSSR count). The highest BCUT2D eigenvalue weighted by Crippen LogP contribution is 2.33. The number of rotatable bonds is 5. The highest BCUT2D eigenvalue weighted by Gasteiger charge is 2.36. The minimum Gasteiger partial charge on any atom is -0.361 e. The van der Waals surface area contributed by atoms with Gasteiger partial charge in [-0.05, 0) is 39.7 Å². The molecule has 0 unspecified atom stereocenters. The molecule has 1 fully saturated rings. The third kappa shape index (κ3) is 3.14. The Morgan fingerprint density at radius 2 is 2.09 bits per heavy atom. The Balaban J connectivity index is 1.84. The lowest BCUT2D eigenvalue weighted by Crippen LogP contribution is -2.36. The van der Waals surface area contributed by atoms with Crippen molar-refractivity contribution in [2.75, 3.05) is 0 Å². The summed E-state index contributed by atoms with van der Waals surface area (Å²) < 4.78 is 19.1. The summed E-state index contributed by atoms with van der Waals surface area (Å²) >= 11 is 0. The first-order valence-electron chi connectivity index (χ1n) is 7.95. The second-order valence-electron chi connectivity index (χ2n) is 6.25. The van der Waals surface area contributed by atoms with Gasteiger partial charge in [0.15, 0.2) is 0 Å². The van der Waals surface area contributed by atoms with Crippen molar-refractivity contribution in [2.24, 2.45) is 0 Å². The standard InChI is InChI=1S/C18H21FN2O2/c1-11(17-12(2)20-23-13(17)3)18(22)21(15-8-9-15)10-14-6-4-5-7-16(14)19/h4-7,11,15H,8-10H2,1-3H3/t11-/m1/s1. The number of nitrogens with zero attached hydrogens (tertiary/aromatic N) is 2. The second kappa shape index (κ2) is 6.14. The molecule has 0 radical (unpaired) electrons. The molecule has 5 heteroatoms. The van der Waals surface area contributed by atoms with Crippen LogP contribution in [0, 0.1) is 19.7 Å². The van der Waals surface area contributed by atoms with E-state index in [2.05, 4.69) is 5.16 Å². The first-order chi connectivity index (χ1) is 11.0. The van der Waals surface area contributed by atoms with E-state index in [0.29, 0.717) is 17.9 Å². The van der Waals surface area contributed by atoms with Gasteiger partial charge in [0.1, 0.15) is 11.6 Å². The van der Waals surface area contributed by atoms with Crippen molar-refractivity contribution in [3.63, 3.8) is 0 Å². The van der Waals surface area contributed by atoms with Crippen molar-refractivity contribution in [2.45, 2.75) is 52.1 Å². The zero-order valence-corrected chi connectivity index (χ0v) is 13.7. The molecule has 0 aliphatic heterocycles. The Morgan fingerprint density at radius 3 is 2.65 bits per heavy atom. The zero-order chi connectivity index (χ0) is 16.6. The van der Waals surface area contributed by atoms with Crippen molar-refractivity contribution in [3.05, 3.63) is 52.7 Å². The minimum absolute atomic E-state index is 0.00477. The van der Waals surface area contributed by atoms with Gasteiger partial charge in [0, 0.05) is 23.7 Å². The minimum atomic E-state index is -0.339. The first kappa shape index (κ1) is 15.7. The number of hydrogen-bond donors (Lipinski definition) is 0. The van der Waals surface area contributed by atoms with Gasteiger partial charge in [-0.25, -0.2) is 4.39 Å². The van der Waals surface area contributed by atoms with Gasteiger partial charge >= 0.3 is 0 Å². The summed E-state index contributed by atoms with van der Waals surface area (Å²) in [5.74, 6) is 0.0692. The Hall–Kier alpha value is -2.17. The molecule has 1 atom stereocenters. The van der Waals surface area contributed by atoms with E-state index in [0.717, 1.165) is 24.1 Å². The Labute approximate surface area is 135 Å². The number of benzene rings is 1. The maximum absolute atomic E-state index is 13.9. The average molecular weight is 316 g/mol. The lowest BCUT2D eigenvalue weighted by Gasteiger charge is -2.26. The lowest BCUT2D eigenvalue weighted by atomic mass is 9.97. The first-order valence-corrected chi connectivity index (χ1v) is 7.95. The van der Waals surface area contributed by atoms with Gasteiger partial charge in [0.2, 0.25) is 5.91 Å². The predicted molar refractivity (Wildman–Crippen MR) is 84.4 cm³/mol. The molecule has 122 valence electrons. The van der Waals surface area contributed by atoms with Crippen LogP contribution in [-0.4, -0.2) is 22.0 Å². The van der Waals surface area contributed by atoms with Crippen LogP contribution >= 0.6 is 0 Å². The molecule has 1 heterocycles. The van der Waals surface area contributed by atoms with Crippen LogP contribution in [0.3, 0.4) is 0 Å². The normalized spacial score (nSPS) is 15.5. The van der Waals surface area contributed by atoms with E-state index >= 15 is 0 Å². The number of carbonyl (C=O) groups excluding carboxylic acids is 1. The molecule has 1 aliphatic carbocycles. The summed E-state index contributed by atoms with van der Waals surface area (Å²) in [6, 6.07) is 6.84. The number of aromatic nitrogens is 1. The summed E-state index contributed by atoms with van der Waals surface area (Å²) in [6.07, 6.45) is 1.96. The maximum atomic E-state index is 13.9. The monoisotopic (exact) mass is 316 g/mol. The quantitative estimate of drug-likeness (QED) is 0.844. The van der Waals surface area contributed by atoms with E-state index in [1.807, 2.05) is 20.8 Å². The van der Waals surface area contributed by atoms with E-state index in [1.165, 1.54) is 6.07 Å². The van der Waals surface area contributed by atoms with E-state index in [-0.39, 0.29) is 23.7 Å². The third-order valence-electron chi connectivity index (χ3n) is 4.46. The Bertz CT molecular complexity index is 702. The summed E-state index contributed by atoms with van der Waals surface area (Å²) in [5.41, 5.74) is 2.14. The van der Waals surface area contributed by atoms with Crippen molar-refractivity contribution in [1.29, 1.82) is 0 Å². The zero-order valence-electron chi connectivity index (χ0n) is 13.7. The van der Waals surface area contributed by atoms with E-state index in [1.54, 1.807) is 23.1 Å². The van der Waals surface area contributed by atoms with Crippen molar-refractivity contribution in [1.82, 2.24) is 10.1 Å². The van der Waals surface area contributed by atoms with Crippen LogP contribution in [0.25, 0.3) is 0 Å². The van der Waals surface area contributed by atoms with Gasteiger partial charge in [-0.1, -0.05) is 23.4 Å². The number of aryl methyl sites for hydroxylation is 2. The van der Waals surface area contributed by atoms with E-state index in [9.17, 15) is 9.18 Å². The van der Waals surface area contributed by atoms with E-state index in [4.69, 9.17) is 4.52 Å². The van der Waals surface area contributed by atoms with Gasteiger partial charge in [0.25, 0.3) is 0 Å². The SMILES string of the molecule is Cc1noc(C)c1[C@@H](C)C(=O)N(Cc1ccccc1F)C1CC1. The fraction of sp³-hybridized carbons (Fsp3) is 0.444. The van der Waals surface area contributed by atoms with Crippen LogP contribution in [0.5, 0.6) is 0 Å². The average Bonchev–Trinajstić information content (AvgIpc) is 3.31. The molecule has 0 saturated heterocycles. The van der Waals surface area contributed by atoms with Crippen LogP contribution in [0.4, 0.5) is 4.39 Å². The number of amides is 1. The van der Waals surface area contributed by atoms with Crippen LogP contribution in [0.15, 0.2) is 28.8 Å². The van der Waals surface area contributed by atoms with Crippen LogP contribution in [0.2, 0.25) is 0 Å². The largest absolute Gasteiger partial charge is 0.361 e. The molecule has 2 aromatic rings. The fourth-order valence-electron chi connectivity index (χ4n) is 3.06. The molecule has 0 bridgehead atoms. The summed E-state index contributed by atoms with van der Waals surface area (Å²) in [6.45, 7) is 5.83. The van der Waals surface area contributed by atoms with Gasteiger partial charge in [-0.3, -0.25) is 4.79 Å². The third-order valence-corrected chi connectivity index (χ3v) is 4.46. The maximum Gasteiger partial charge on any atom is 0.230 e. The summed E-state index contributed by atoms with van der Waals surface area (Å²) in [7, 11) is 0. The number of carbonyl (C=O) groups is 1. The Morgan fingerprint density at radius 1 is 1.39 bits per heavy atom. The molecule has 1 aromatic heterocycles. The van der Waals surface area contributed by atoms with Gasteiger partial charge in [-0.2, -0.15) is 0 Å². The van der Waals surface area contributed by atoms with Crippen molar-refractivity contribution >= 4 is 5.91 Å². The van der Waals surface area contributed by atoms with Gasteiger partial charge in [-0.15, -0.1) is 0 Å². The van der Waals surface area contributed by atoms with Gasteiger partial charge in [0.05, 0.1) is 11.6 Å². The molecular formula is C18H21FN2O2. The second-order valence-corrected chi connectivity index (χ2v) is 6.25. The molecule has 1 saturated carbocycles. The lowest BCUT2D eigenvalue weighted by molar-refractivity contribution is -0.133. The fourth-order valence-corrected chi connectivity index (χ4v) is 3.06. The summed E-state index contributed by atoms with van der Waals surface area (Å²) in [4.78, 5) is 14.8.